The number of rotatable bonds is 7. The Morgan fingerprint density at radius 3 is 2.77 bits per heavy atom. The summed E-state index contributed by atoms with van der Waals surface area (Å²) in [4.78, 5) is 19.6. The maximum absolute atomic E-state index is 13.4. The summed E-state index contributed by atoms with van der Waals surface area (Å²) in [6.45, 7) is 2.56. The van der Waals surface area contributed by atoms with Crippen molar-refractivity contribution in [1.29, 1.82) is 0 Å². The summed E-state index contributed by atoms with van der Waals surface area (Å²) in [5.74, 6) is 0.434. The highest BCUT2D eigenvalue weighted by Gasteiger charge is 2.26. The third-order valence-corrected chi connectivity index (χ3v) is 5.73. The molecule has 2 aromatic heterocycles. The van der Waals surface area contributed by atoms with Gasteiger partial charge in [0.25, 0.3) is 5.91 Å². The molecule has 0 atom stereocenters. The molecule has 154 valence electrons. The van der Waals surface area contributed by atoms with Crippen molar-refractivity contribution < 1.29 is 14.3 Å². The van der Waals surface area contributed by atoms with Gasteiger partial charge in [-0.15, -0.1) is 5.10 Å². The van der Waals surface area contributed by atoms with Crippen molar-refractivity contribution in [2.24, 2.45) is 0 Å². The van der Waals surface area contributed by atoms with Crippen molar-refractivity contribution in [2.45, 2.75) is 6.92 Å². The largest absolute Gasteiger partial charge is 0.497 e. The van der Waals surface area contributed by atoms with Crippen LogP contribution in [-0.4, -0.2) is 53.3 Å². The fraction of sp³-hybridized carbons (Fsp3) is 0.238. The van der Waals surface area contributed by atoms with Crippen molar-refractivity contribution in [2.75, 3.05) is 32.3 Å². The van der Waals surface area contributed by atoms with Crippen molar-refractivity contribution in [1.82, 2.24) is 20.0 Å². The lowest BCUT2D eigenvalue weighted by molar-refractivity contribution is 0.0970. The summed E-state index contributed by atoms with van der Waals surface area (Å²) < 4.78 is 13.1. The summed E-state index contributed by atoms with van der Waals surface area (Å²) in [6.07, 6.45) is 0. The molecule has 0 spiro atoms. The Labute approximate surface area is 177 Å². The second-order valence-corrected chi connectivity index (χ2v) is 7.56. The van der Waals surface area contributed by atoms with E-state index in [1.54, 1.807) is 23.8 Å². The van der Waals surface area contributed by atoms with Crippen LogP contribution in [0.3, 0.4) is 0 Å². The molecule has 30 heavy (non-hydrogen) atoms. The maximum atomic E-state index is 13.4. The monoisotopic (exact) mass is 423 g/mol. The highest BCUT2D eigenvalue weighted by molar-refractivity contribution is 7.22. The molecule has 1 amide bonds. The van der Waals surface area contributed by atoms with Crippen LogP contribution in [0.25, 0.3) is 15.9 Å². The molecule has 2 aromatic carbocycles. The molecule has 0 bridgehead atoms. The first kappa shape index (κ1) is 20.0. The van der Waals surface area contributed by atoms with Gasteiger partial charge in [-0.1, -0.05) is 34.7 Å². The van der Waals surface area contributed by atoms with Crippen molar-refractivity contribution in [3.63, 3.8) is 0 Å². The summed E-state index contributed by atoms with van der Waals surface area (Å²) in [6, 6.07) is 15.2. The number of hydrogen-bond acceptors (Lipinski definition) is 7. The van der Waals surface area contributed by atoms with Gasteiger partial charge in [0, 0.05) is 13.2 Å². The number of fused-ring (bicyclic) bond motifs is 1. The minimum Gasteiger partial charge on any atom is -0.497 e. The lowest BCUT2D eigenvalue weighted by atomic mass is 10.2. The van der Waals surface area contributed by atoms with Gasteiger partial charge in [-0.3, -0.25) is 9.69 Å². The number of para-hydroxylation sites is 1. The average Bonchev–Trinajstić information content (AvgIpc) is 3.37. The average molecular weight is 423 g/mol. The van der Waals surface area contributed by atoms with Gasteiger partial charge in [-0.2, -0.15) is 0 Å². The zero-order valence-corrected chi connectivity index (χ0v) is 17.7. The molecule has 0 unspecified atom stereocenters. The maximum Gasteiger partial charge on any atom is 0.282 e. The standard InChI is InChI=1S/C21H21N5O3S/c1-14-19(23-24-26(14)15-7-6-8-16(13-15)29-3)20(27)25(11-12-28-2)21-22-17-9-4-5-10-18(17)30-21/h4-10,13H,11-12H2,1-3H3. The van der Waals surface area contributed by atoms with Gasteiger partial charge in [0.2, 0.25) is 0 Å². The number of ether oxygens (including phenoxy) is 2. The van der Waals surface area contributed by atoms with E-state index in [0.717, 1.165) is 15.9 Å². The molecule has 0 N–H and O–H groups in total. The first-order valence-corrected chi connectivity index (χ1v) is 10.2. The Bertz CT molecular complexity index is 1150. The summed E-state index contributed by atoms with van der Waals surface area (Å²) in [5.41, 5.74) is 2.52. The lowest BCUT2D eigenvalue weighted by Crippen LogP contribution is -2.34. The van der Waals surface area contributed by atoms with E-state index in [-0.39, 0.29) is 11.6 Å². The Morgan fingerprint density at radius 2 is 2.00 bits per heavy atom. The van der Waals surface area contributed by atoms with E-state index in [1.165, 1.54) is 11.3 Å². The van der Waals surface area contributed by atoms with E-state index < -0.39 is 0 Å². The van der Waals surface area contributed by atoms with Crippen LogP contribution in [0, 0.1) is 6.92 Å². The number of hydrogen-bond donors (Lipinski definition) is 0. The van der Waals surface area contributed by atoms with E-state index in [4.69, 9.17) is 9.47 Å². The SMILES string of the molecule is COCCN(C(=O)c1nnn(-c2cccc(OC)c2)c1C)c1nc2ccccc2s1. The number of carbonyl (C=O) groups excluding carboxylic acids is 1. The molecule has 0 radical (unpaired) electrons. The Hall–Kier alpha value is -3.30. The minimum absolute atomic E-state index is 0.266. The van der Waals surface area contributed by atoms with E-state index in [0.29, 0.717) is 29.7 Å². The minimum atomic E-state index is -0.266. The van der Waals surface area contributed by atoms with Crippen LogP contribution in [0.4, 0.5) is 5.13 Å². The zero-order valence-electron chi connectivity index (χ0n) is 16.9. The third-order valence-electron chi connectivity index (χ3n) is 4.67. The van der Waals surface area contributed by atoms with Crippen molar-refractivity contribution in [3.05, 3.63) is 59.9 Å². The molecule has 8 nitrogen and oxygen atoms in total. The first-order chi connectivity index (χ1) is 14.6. The number of aromatic nitrogens is 4. The molecule has 2 heterocycles. The van der Waals surface area contributed by atoms with E-state index >= 15 is 0 Å². The number of methoxy groups -OCH3 is 2. The Kier molecular flexibility index (Phi) is 5.73. The zero-order chi connectivity index (χ0) is 21.1. The van der Waals surface area contributed by atoms with Gasteiger partial charge in [-0.25, -0.2) is 9.67 Å². The number of thiazole rings is 1. The predicted molar refractivity (Wildman–Crippen MR) is 116 cm³/mol. The van der Waals surface area contributed by atoms with Crippen LogP contribution < -0.4 is 9.64 Å². The Balaban J connectivity index is 1.70. The Morgan fingerprint density at radius 1 is 1.17 bits per heavy atom. The molecule has 9 heteroatoms. The second-order valence-electron chi connectivity index (χ2n) is 6.55. The molecule has 0 aliphatic rings. The predicted octanol–water partition coefficient (Wildman–Crippen LogP) is 3.49. The molecular weight excluding hydrogens is 402 g/mol. The van der Waals surface area contributed by atoms with E-state index in [9.17, 15) is 4.79 Å². The molecule has 0 saturated carbocycles. The third kappa shape index (κ3) is 3.77. The number of anilines is 1. The fourth-order valence-electron chi connectivity index (χ4n) is 3.08. The van der Waals surface area contributed by atoms with Crippen LogP contribution in [0.15, 0.2) is 48.5 Å². The summed E-state index contributed by atoms with van der Waals surface area (Å²) >= 11 is 1.46. The number of amides is 1. The smallest absolute Gasteiger partial charge is 0.282 e. The molecular formula is C21H21N5O3S. The van der Waals surface area contributed by atoms with E-state index in [2.05, 4.69) is 15.3 Å². The van der Waals surface area contributed by atoms with Gasteiger partial charge in [0.05, 0.1) is 41.9 Å². The molecule has 0 aliphatic heterocycles. The number of benzene rings is 2. The summed E-state index contributed by atoms with van der Waals surface area (Å²) in [7, 11) is 3.21. The quantitative estimate of drug-likeness (QED) is 0.453. The number of carbonyl (C=O) groups is 1. The van der Waals surface area contributed by atoms with E-state index in [1.807, 2.05) is 55.5 Å². The van der Waals surface area contributed by atoms with Gasteiger partial charge in [0.1, 0.15) is 5.75 Å². The molecule has 4 rings (SSSR count). The van der Waals surface area contributed by atoms with Crippen LogP contribution in [0.1, 0.15) is 16.2 Å². The van der Waals surface area contributed by atoms with Crippen LogP contribution in [0.2, 0.25) is 0 Å². The highest BCUT2D eigenvalue weighted by Crippen LogP contribution is 2.30. The van der Waals surface area contributed by atoms with Gasteiger partial charge in [0.15, 0.2) is 10.8 Å². The molecule has 0 fully saturated rings. The molecule has 0 aliphatic carbocycles. The first-order valence-electron chi connectivity index (χ1n) is 9.35. The van der Waals surface area contributed by atoms with Crippen molar-refractivity contribution >= 4 is 32.6 Å². The molecule has 0 saturated heterocycles. The van der Waals surface area contributed by atoms with Crippen LogP contribution >= 0.6 is 11.3 Å². The normalized spacial score (nSPS) is 11.0. The van der Waals surface area contributed by atoms with Gasteiger partial charge < -0.3 is 9.47 Å². The highest BCUT2D eigenvalue weighted by atomic mass is 32.1. The fourth-order valence-corrected chi connectivity index (χ4v) is 4.07. The van der Waals surface area contributed by atoms with Crippen molar-refractivity contribution in [3.8, 4) is 11.4 Å². The van der Waals surface area contributed by atoms with Crippen LogP contribution in [-0.2, 0) is 4.74 Å². The second kappa shape index (κ2) is 8.60. The number of nitrogens with zero attached hydrogens (tertiary/aromatic N) is 5. The van der Waals surface area contributed by atoms with Gasteiger partial charge >= 0.3 is 0 Å². The van der Waals surface area contributed by atoms with Crippen LogP contribution in [0.5, 0.6) is 5.75 Å². The topological polar surface area (TPSA) is 82.4 Å². The van der Waals surface area contributed by atoms with Gasteiger partial charge in [-0.05, 0) is 31.2 Å². The summed E-state index contributed by atoms with van der Waals surface area (Å²) in [5, 5.41) is 8.98. The lowest BCUT2D eigenvalue weighted by Gasteiger charge is -2.18. The molecule has 4 aromatic rings.